The Morgan fingerprint density at radius 3 is 2.13 bits per heavy atom. The number of rotatable bonds is 5. The van der Waals surface area contributed by atoms with E-state index in [2.05, 4.69) is 6.07 Å². The highest BCUT2D eigenvalue weighted by atomic mass is 19.4. The number of nitrogens with zero attached hydrogens (tertiary/aromatic N) is 2. The molecule has 166 valence electrons. The van der Waals surface area contributed by atoms with E-state index in [0.717, 1.165) is 5.56 Å². The standard InChI is InChI=1S/C22H20F6N2O/c23-21(24,25)17-11-15(12-18(13-17)22(26,27)28)14-31-19-7-4-9-30(10-8-29)20(19)16-5-2-1-3-6-16/h1-3,5-6,11-13,19-20H,4,7,9-10,14H2/t19?,20-/m0/s1. The fourth-order valence-electron chi connectivity index (χ4n) is 3.85. The first-order valence-corrected chi connectivity index (χ1v) is 9.65. The molecule has 1 heterocycles. The first kappa shape index (κ1) is 23.1. The molecule has 1 aliphatic heterocycles. The quantitative estimate of drug-likeness (QED) is 0.423. The Morgan fingerprint density at radius 2 is 1.58 bits per heavy atom. The van der Waals surface area contributed by atoms with Gasteiger partial charge in [-0.05, 0) is 48.7 Å². The summed E-state index contributed by atoms with van der Waals surface area (Å²) in [5.41, 5.74) is -2.06. The molecule has 0 aromatic heterocycles. The number of hydrogen-bond donors (Lipinski definition) is 0. The second-order valence-electron chi connectivity index (χ2n) is 7.39. The molecule has 0 radical (unpaired) electrons. The molecule has 1 saturated heterocycles. The third-order valence-corrected chi connectivity index (χ3v) is 5.21. The lowest BCUT2D eigenvalue weighted by molar-refractivity contribution is -0.143. The number of alkyl halides is 6. The first-order chi connectivity index (χ1) is 14.6. The van der Waals surface area contributed by atoms with Crippen LogP contribution in [0.3, 0.4) is 0 Å². The van der Waals surface area contributed by atoms with Gasteiger partial charge in [-0.25, -0.2) is 0 Å². The largest absolute Gasteiger partial charge is 0.416 e. The summed E-state index contributed by atoms with van der Waals surface area (Å²) in [5, 5.41) is 9.15. The van der Waals surface area contributed by atoms with Gasteiger partial charge in [0.15, 0.2) is 0 Å². The fourth-order valence-corrected chi connectivity index (χ4v) is 3.85. The zero-order chi connectivity index (χ0) is 22.6. The van der Waals surface area contributed by atoms with Gasteiger partial charge in [-0.3, -0.25) is 4.90 Å². The predicted octanol–water partition coefficient (Wildman–Crippen LogP) is 5.97. The molecule has 3 nitrogen and oxygen atoms in total. The number of halogens is 6. The highest BCUT2D eigenvalue weighted by Crippen LogP contribution is 2.37. The summed E-state index contributed by atoms with van der Waals surface area (Å²) in [7, 11) is 0. The molecule has 9 heteroatoms. The van der Waals surface area contributed by atoms with Gasteiger partial charge < -0.3 is 4.74 Å². The van der Waals surface area contributed by atoms with E-state index >= 15 is 0 Å². The van der Waals surface area contributed by atoms with Crippen molar-refractivity contribution in [2.75, 3.05) is 13.1 Å². The zero-order valence-electron chi connectivity index (χ0n) is 16.4. The second kappa shape index (κ2) is 9.28. The topological polar surface area (TPSA) is 36.3 Å². The Morgan fingerprint density at radius 1 is 0.968 bits per heavy atom. The van der Waals surface area contributed by atoms with Crippen molar-refractivity contribution in [1.82, 2.24) is 4.90 Å². The Labute approximate surface area is 175 Å². The lowest BCUT2D eigenvalue weighted by atomic mass is 9.92. The summed E-state index contributed by atoms with van der Waals surface area (Å²) in [6, 6.07) is 12.5. The monoisotopic (exact) mass is 442 g/mol. The number of likely N-dealkylation sites (tertiary alicyclic amines) is 1. The summed E-state index contributed by atoms with van der Waals surface area (Å²) in [4.78, 5) is 1.91. The van der Waals surface area contributed by atoms with Crippen LogP contribution < -0.4 is 0 Å². The average Bonchev–Trinajstić information content (AvgIpc) is 2.72. The van der Waals surface area contributed by atoms with Gasteiger partial charge in [0.25, 0.3) is 0 Å². The van der Waals surface area contributed by atoms with Crippen molar-refractivity contribution >= 4 is 0 Å². The van der Waals surface area contributed by atoms with Crippen molar-refractivity contribution < 1.29 is 31.1 Å². The highest BCUT2D eigenvalue weighted by molar-refractivity contribution is 5.33. The van der Waals surface area contributed by atoms with E-state index in [-0.39, 0.29) is 24.2 Å². The smallest absolute Gasteiger partial charge is 0.372 e. The van der Waals surface area contributed by atoms with Crippen molar-refractivity contribution in [3.8, 4) is 6.07 Å². The fraction of sp³-hybridized carbons (Fsp3) is 0.409. The van der Waals surface area contributed by atoms with Crippen molar-refractivity contribution in [2.24, 2.45) is 0 Å². The molecule has 3 rings (SSSR count). The van der Waals surface area contributed by atoms with Crippen LogP contribution in [0.5, 0.6) is 0 Å². The molecule has 31 heavy (non-hydrogen) atoms. The minimum absolute atomic E-state index is 0.103. The van der Waals surface area contributed by atoms with Crippen LogP contribution in [0, 0.1) is 11.3 Å². The predicted molar refractivity (Wildman–Crippen MR) is 101 cm³/mol. The number of benzene rings is 2. The molecule has 2 aromatic carbocycles. The van der Waals surface area contributed by atoms with E-state index in [9.17, 15) is 26.3 Å². The normalized spacial score (nSPS) is 20.4. The number of nitriles is 1. The van der Waals surface area contributed by atoms with Crippen LogP contribution in [0.2, 0.25) is 0 Å². The van der Waals surface area contributed by atoms with E-state index in [0.29, 0.717) is 31.5 Å². The van der Waals surface area contributed by atoms with Crippen LogP contribution in [0.15, 0.2) is 48.5 Å². The third kappa shape index (κ3) is 5.77. The maximum Gasteiger partial charge on any atom is 0.416 e. The summed E-state index contributed by atoms with van der Waals surface area (Å²) < 4.78 is 84.5. The summed E-state index contributed by atoms with van der Waals surface area (Å²) >= 11 is 0. The number of piperidine rings is 1. The van der Waals surface area contributed by atoms with Crippen molar-refractivity contribution in [3.63, 3.8) is 0 Å². The van der Waals surface area contributed by atoms with Crippen molar-refractivity contribution in [1.29, 1.82) is 5.26 Å². The summed E-state index contributed by atoms with van der Waals surface area (Å²) in [5.74, 6) is 0. The third-order valence-electron chi connectivity index (χ3n) is 5.21. The van der Waals surface area contributed by atoms with E-state index in [1.54, 1.807) is 0 Å². The van der Waals surface area contributed by atoms with Gasteiger partial charge >= 0.3 is 12.4 Å². The first-order valence-electron chi connectivity index (χ1n) is 9.65. The highest BCUT2D eigenvalue weighted by Gasteiger charge is 2.37. The summed E-state index contributed by atoms with van der Waals surface area (Å²) in [6.45, 7) is 0.386. The Hall–Kier alpha value is -2.57. The SMILES string of the molecule is N#CCN1CCCC(OCc2cc(C(F)(F)F)cc(C(F)(F)F)c2)[C@@H]1c1ccccc1. The van der Waals surface area contributed by atoms with Crippen LogP contribution in [-0.2, 0) is 23.7 Å². The molecule has 0 N–H and O–H groups in total. The van der Waals surface area contributed by atoms with Gasteiger partial charge in [-0.1, -0.05) is 30.3 Å². The Kier molecular flexibility index (Phi) is 6.92. The molecule has 2 aromatic rings. The van der Waals surface area contributed by atoms with Crippen molar-refractivity contribution in [2.45, 2.75) is 43.9 Å². The zero-order valence-corrected chi connectivity index (χ0v) is 16.4. The van der Waals surface area contributed by atoms with Gasteiger partial charge in [0.05, 0.1) is 42.5 Å². The second-order valence-corrected chi connectivity index (χ2v) is 7.39. The molecular weight excluding hydrogens is 422 g/mol. The lowest BCUT2D eigenvalue weighted by Gasteiger charge is -2.40. The number of ether oxygens (including phenoxy) is 1. The van der Waals surface area contributed by atoms with Gasteiger partial charge in [0.2, 0.25) is 0 Å². The molecular formula is C22H20F6N2O. The van der Waals surface area contributed by atoms with E-state index in [1.165, 1.54) is 0 Å². The summed E-state index contributed by atoms with van der Waals surface area (Å²) in [6.07, 6.45) is -9.01. The van der Waals surface area contributed by atoms with Gasteiger partial charge in [-0.15, -0.1) is 0 Å². The maximum absolute atomic E-state index is 13.1. The minimum atomic E-state index is -4.91. The average molecular weight is 442 g/mol. The van der Waals surface area contributed by atoms with Crippen molar-refractivity contribution in [3.05, 3.63) is 70.8 Å². The van der Waals surface area contributed by atoms with Crippen LogP contribution >= 0.6 is 0 Å². The molecule has 0 amide bonds. The van der Waals surface area contributed by atoms with Gasteiger partial charge in [-0.2, -0.15) is 31.6 Å². The van der Waals surface area contributed by atoms with Crippen LogP contribution in [0.25, 0.3) is 0 Å². The van der Waals surface area contributed by atoms with E-state index < -0.39 is 36.2 Å². The van der Waals surface area contributed by atoms with Crippen LogP contribution in [-0.4, -0.2) is 24.1 Å². The molecule has 0 spiro atoms. The van der Waals surface area contributed by atoms with Gasteiger partial charge in [0, 0.05) is 0 Å². The van der Waals surface area contributed by atoms with E-state index in [4.69, 9.17) is 10.00 Å². The van der Waals surface area contributed by atoms with E-state index in [1.807, 2.05) is 35.2 Å². The van der Waals surface area contributed by atoms with Gasteiger partial charge in [0.1, 0.15) is 0 Å². The molecule has 1 aliphatic rings. The maximum atomic E-state index is 13.1. The molecule has 1 fully saturated rings. The molecule has 0 aliphatic carbocycles. The molecule has 0 saturated carbocycles. The van der Waals surface area contributed by atoms with Crippen LogP contribution in [0.1, 0.15) is 41.1 Å². The number of hydrogen-bond acceptors (Lipinski definition) is 3. The molecule has 0 bridgehead atoms. The van der Waals surface area contributed by atoms with Crippen LogP contribution in [0.4, 0.5) is 26.3 Å². The lowest BCUT2D eigenvalue weighted by Crippen LogP contribution is -2.43. The molecule has 2 atom stereocenters. The Bertz CT molecular complexity index is 888. The Balaban J connectivity index is 1.87. The minimum Gasteiger partial charge on any atom is -0.372 e. The molecule has 1 unspecified atom stereocenters.